The fourth-order valence-corrected chi connectivity index (χ4v) is 2.70. The van der Waals surface area contributed by atoms with Crippen molar-refractivity contribution in [3.8, 4) is 0 Å². The zero-order valence-electron chi connectivity index (χ0n) is 10.2. The van der Waals surface area contributed by atoms with Crippen LogP contribution in [0, 0.1) is 5.92 Å². The molecule has 3 N–H and O–H groups in total. The normalized spacial score (nSPS) is 24.8. The third kappa shape index (κ3) is 2.71. The maximum absolute atomic E-state index is 9.42. The first-order valence-electron chi connectivity index (χ1n) is 6.25. The third-order valence-electron chi connectivity index (χ3n) is 4.18. The molecule has 0 unspecified atom stereocenters. The number of likely N-dealkylation sites (tertiary alicyclic amines) is 1. The van der Waals surface area contributed by atoms with Crippen molar-refractivity contribution in [1.82, 2.24) is 4.90 Å². The Morgan fingerprint density at radius 1 is 1.33 bits per heavy atom. The SMILES string of the molecule is CC[C@](C)([C@H](CN)CO)N1CCCCC1. The van der Waals surface area contributed by atoms with E-state index in [2.05, 4.69) is 18.7 Å². The Hall–Kier alpha value is -0.120. The molecule has 1 aliphatic rings. The quantitative estimate of drug-likeness (QED) is 0.723. The molecule has 0 aromatic carbocycles. The van der Waals surface area contributed by atoms with E-state index < -0.39 is 0 Å². The average molecular weight is 214 g/mol. The molecule has 0 aromatic rings. The lowest BCUT2D eigenvalue weighted by Gasteiger charge is -2.47. The van der Waals surface area contributed by atoms with E-state index >= 15 is 0 Å². The van der Waals surface area contributed by atoms with Gasteiger partial charge < -0.3 is 10.8 Å². The minimum atomic E-state index is 0.0872. The smallest absolute Gasteiger partial charge is 0.0489 e. The number of nitrogens with zero attached hydrogens (tertiary/aromatic N) is 1. The molecule has 3 nitrogen and oxygen atoms in total. The van der Waals surface area contributed by atoms with E-state index in [9.17, 15) is 5.11 Å². The van der Waals surface area contributed by atoms with Crippen molar-refractivity contribution in [3.05, 3.63) is 0 Å². The molecule has 1 saturated heterocycles. The van der Waals surface area contributed by atoms with Gasteiger partial charge in [0.2, 0.25) is 0 Å². The van der Waals surface area contributed by atoms with Crippen molar-refractivity contribution in [2.45, 2.75) is 45.1 Å². The molecule has 90 valence electrons. The minimum Gasteiger partial charge on any atom is -0.396 e. The predicted octanol–water partition coefficient (Wildman–Crippen LogP) is 1.21. The van der Waals surface area contributed by atoms with Crippen LogP contribution in [0.15, 0.2) is 0 Å². The van der Waals surface area contributed by atoms with Gasteiger partial charge in [-0.1, -0.05) is 13.3 Å². The summed E-state index contributed by atoms with van der Waals surface area (Å²) in [5, 5.41) is 9.42. The van der Waals surface area contributed by atoms with E-state index in [0.29, 0.717) is 6.54 Å². The summed E-state index contributed by atoms with van der Waals surface area (Å²) in [6.45, 7) is 7.58. The molecule has 0 saturated carbocycles. The van der Waals surface area contributed by atoms with E-state index in [1.54, 1.807) is 0 Å². The van der Waals surface area contributed by atoms with E-state index in [-0.39, 0.29) is 18.1 Å². The summed E-state index contributed by atoms with van der Waals surface area (Å²) in [6.07, 6.45) is 4.99. The predicted molar refractivity (Wildman–Crippen MR) is 63.8 cm³/mol. The van der Waals surface area contributed by atoms with Crippen LogP contribution in [0.5, 0.6) is 0 Å². The lowest BCUT2D eigenvalue weighted by Crippen LogP contribution is -2.56. The molecule has 1 fully saturated rings. The second-order valence-corrected chi connectivity index (χ2v) is 4.87. The Morgan fingerprint density at radius 3 is 2.33 bits per heavy atom. The standard InChI is InChI=1S/C12H26N2O/c1-3-12(2,11(9-13)10-15)14-7-5-4-6-8-14/h11,15H,3-10,13H2,1-2H3/t11-,12-/m1/s1. The van der Waals surface area contributed by atoms with E-state index in [0.717, 1.165) is 6.42 Å². The van der Waals surface area contributed by atoms with Crippen LogP contribution in [0.25, 0.3) is 0 Å². The van der Waals surface area contributed by atoms with Gasteiger partial charge in [-0.05, 0) is 45.8 Å². The highest BCUT2D eigenvalue weighted by atomic mass is 16.3. The van der Waals surface area contributed by atoms with Crippen LogP contribution in [0.3, 0.4) is 0 Å². The van der Waals surface area contributed by atoms with Crippen molar-refractivity contribution in [2.24, 2.45) is 11.7 Å². The molecular weight excluding hydrogens is 188 g/mol. The average Bonchev–Trinajstić information content (AvgIpc) is 2.31. The number of hydrogen-bond donors (Lipinski definition) is 2. The van der Waals surface area contributed by atoms with Gasteiger partial charge in [0.1, 0.15) is 0 Å². The number of piperidine rings is 1. The molecule has 0 aliphatic carbocycles. The largest absolute Gasteiger partial charge is 0.396 e. The topological polar surface area (TPSA) is 49.5 Å². The summed E-state index contributed by atoms with van der Waals surface area (Å²) >= 11 is 0. The molecule has 0 bridgehead atoms. The molecule has 1 rings (SSSR count). The van der Waals surface area contributed by atoms with Crippen LogP contribution in [-0.2, 0) is 0 Å². The molecule has 0 radical (unpaired) electrons. The first-order chi connectivity index (χ1) is 7.19. The van der Waals surface area contributed by atoms with E-state index in [1.807, 2.05) is 0 Å². The maximum atomic E-state index is 9.42. The number of aliphatic hydroxyl groups is 1. The molecule has 1 heterocycles. The Labute approximate surface area is 93.6 Å². The van der Waals surface area contributed by atoms with Gasteiger partial charge in [0, 0.05) is 18.1 Å². The van der Waals surface area contributed by atoms with E-state index in [4.69, 9.17) is 5.73 Å². The Morgan fingerprint density at radius 2 is 1.93 bits per heavy atom. The second kappa shape index (κ2) is 5.83. The zero-order valence-corrected chi connectivity index (χ0v) is 10.2. The maximum Gasteiger partial charge on any atom is 0.0489 e. The van der Waals surface area contributed by atoms with Crippen molar-refractivity contribution in [3.63, 3.8) is 0 Å². The lowest BCUT2D eigenvalue weighted by molar-refractivity contribution is 0.00650. The van der Waals surface area contributed by atoms with Gasteiger partial charge in [-0.15, -0.1) is 0 Å². The Balaban J connectivity index is 2.71. The van der Waals surface area contributed by atoms with Gasteiger partial charge in [-0.25, -0.2) is 0 Å². The molecule has 0 spiro atoms. The summed E-state index contributed by atoms with van der Waals surface area (Å²) < 4.78 is 0. The monoisotopic (exact) mass is 214 g/mol. The molecule has 3 heteroatoms. The number of hydrogen-bond acceptors (Lipinski definition) is 3. The number of aliphatic hydroxyl groups excluding tert-OH is 1. The number of nitrogens with two attached hydrogens (primary N) is 1. The highest BCUT2D eigenvalue weighted by Gasteiger charge is 2.37. The first kappa shape index (κ1) is 12.9. The second-order valence-electron chi connectivity index (χ2n) is 4.87. The van der Waals surface area contributed by atoms with Gasteiger partial charge in [-0.3, -0.25) is 4.90 Å². The molecule has 2 atom stereocenters. The molecular formula is C12H26N2O. The van der Waals surface area contributed by atoms with Crippen LogP contribution in [0.1, 0.15) is 39.5 Å². The van der Waals surface area contributed by atoms with Crippen molar-refractivity contribution >= 4 is 0 Å². The summed E-state index contributed by atoms with van der Waals surface area (Å²) in [6, 6.07) is 0. The summed E-state index contributed by atoms with van der Waals surface area (Å²) in [7, 11) is 0. The Kier molecular flexibility index (Phi) is 5.03. The minimum absolute atomic E-state index is 0.0872. The highest BCUT2D eigenvalue weighted by molar-refractivity contribution is 4.93. The van der Waals surface area contributed by atoms with Gasteiger partial charge in [0.15, 0.2) is 0 Å². The van der Waals surface area contributed by atoms with Crippen LogP contribution < -0.4 is 5.73 Å². The van der Waals surface area contributed by atoms with Crippen LogP contribution in [-0.4, -0.2) is 41.8 Å². The lowest BCUT2D eigenvalue weighted by atomic mass is 9.81. The van der Waals surface area contributed by atoms with Crippen molar-refractivity contribution in [1.29, 1.82) is 0 Å². The van der Waals surface area contributed by atoms with Gasteiger partial charge in [0.25, 0.3) is 0 Å². The summed E-state index contributed by atoms with van der Waals surface area (Å²) in [5.41, 5.74) is 5.85. The third-order valence-corrected chi connectivity index (χ3v) is 4.18. The number of rotatable bonds is 5. The summed E-state index contributed by atoms with van der Waals surface area (Å²) in [5.74, 6) is 0.209. The van der Waals surface area contributed by atoms with Gasteiger partial charge in [-0.2, -0.15) is 0 Å². The fourth-order valence-electron chi connectivity index (χ4n) is 2.70. The van der Waals surface area contributed by atoms with Crippen molar-refractivity contribution < 1.29 is 5.11 Å². The molecule has 1 aliphatic heterocycles. The zero-order chi connectivity index (χ0) is 11.3. The highest BCUT2D eigenvalue weighted by Crippen LogP contribution is 2.30. The van der Waals surface area contributed by atoms with E-state index in [1.165, 1.54) is 32.4 Å². The van der Waals surface area contributed by atoms with Gasteiger partial charge >= 0.3 is 0 Å². The fraction of sp³-hybridized carbons (Fsp3) is 1.00. The van der Waals surface area contributed by atoms with Crippen LogP contribution >= 0.6 is 0 Å². The Bertz CT molecular complexity index is 176. The van der Waals surface area contributed by atoms with Crippen molar-refractivity contribution in [2.75, 3.05) is 26.2 Å². The summed E-state index contributed by atoms with van der Waals surface area (Å²) in [4.78, 5) is 2.53. The van der Waals surface area contributed by atoms with Gasteiger partial charge in [0.05, 0.1) is 0 Å². The molecule has 0 amide bonds. The molecule has 0 aromatic heterocycles. The van der Waals surface area contributed by atoms with Crippen LogP contribution in [0.4, 0.5) is 0 Å². The molecule has 15 heavy (non-hydrogen) atoms. The van der Waals surface area contributed by atoms with Crippen LogP contribution in [0.2, 0.25) is 0 Å². The first-order valence-corrected chi connectivity index (χ1v) is 6.25.